The van der Waals surface area contributed by atoms with Crippen molar-refractivity contribution in [2.45, 2.75) is 38.9 Å². The van der Waals surface area contributed by atoms with Crippen molar-refractivity contribution in [3.63, 3.8) is 0 Å². The first kappa shape index (κ1) is 8.41. The molecule has 0 aromatic heterocycles. The topological polar surface area (TPSA) is 18.5 Å². The van der Waals surface area contributed by atoms with Gasteiger partial charge in [0.15, 0.2) is 0 Å². The zero-order chi connectivity index (χ0) is 7.99. The summed E-state index contributed by atoms with van der Waals surface area (Å²) in [6.45, 7) is 7.96. The molecule has 60 valence electrons. The van der Waals surface area contributed by atoms with E-state index in [4.69, 9.17) is 9.47 Å². The predicted octanol–water partition coefficient (Wildman–Crippen LogP) is 1.22. The van der Waals surface area contributed by atoms with Crippen LogP contribution >= 0.6 is 0 Å². The van der Waals surface area contributed by atoms with Gasteiger partial charge in [-0.2, -0.15) is 0 Å². The van der Waals surface area contributed by atoms with E-state index < -0.39 is 0 Å². The second-order valence-corrected chi connectivity index (χ2v) is 3.90. The van der Waals surface area contributed by atoms with Gasteiger partial charge >= 0.3 is 68.7 Å². The Balaban J connectivity index is 2.88. The van der Waals surface area contributed by atoms with E-state index in [1.165, 1.54) is 0 Å². The standard InChI is InChI=1S/C7H12O2.Fe/c1-6(2)7(3,4)9-5-8-6;/h1-4H3;. The summed E-state index contributed by atoms with van der Waals surface area (Å²) in [5.41, 5.74) is -0.520. The molecule has 0 radical (unpaired) electrons. The molecule has 1 aliphatic heterocycles. The van der Waals surface area contributed by atoms with E-state index in [0.29, 0.717) is 4.79 Å². The van der Waals surface area contributed by atoms with E-state index in [-0.39, 0.29) is 11.2 Å². The van der Waals surface area contributed by atoms with Gasteiger partial charge in [0.1, 0.15) is 0 Å². The van der Waals surface area contributed by atoms with Crippen LogP contribution < -0.4 is 0 Å². The van der Waals surface area contributed by atoms with Gasteiger partial charge in [0.2, 0.25) is 0 Å². The van der Waals surface area contributed by atoms with Gasteiger partial charge < -0.3 is 0 Å². The van der Waals surface area contributed by atoms with Gasteiger partial charge in [0, 0.05) is 0 Å². The molecule has 1 aliphatic rings. The van der Waals surface area contributed by atoms with Gasteiger partial charge in [0.05, 0.1) is 0 Å². The van der Waals surface area contributed by atoms with Gasteiger partial charge in [-0.1, -0.05) is 0 Å². The Hall–Kier alpha value is 0.309. The minimum absolute atomic E-state index is 0.260. The summed E-state index contributed by atoms with van der Waals surface area (Å²) in [7, 11) is 0. The SMILES string of the molecule is CC1(C)O[C](=[Fe])OC1(C)C. The third-order valence-electron chi connectivity index (χ3n) is 2.12. The molecule has 1 rings (SSSR count). The second-order valence-electron chi connectivity index (χ2n) is 3.45. The number of rotatable bonds is 0. The molecule has 0 aliphatic carbocycles. The number of ether oxygens (including phenoxy) is 2. The van der Waals surface area contributed by atoms with Crippen molar-refractivity contribution in [2.75, 3.05) is 0 Å². The van der Waals surface area contributed by atoms with Crippen LogP contribution in [0.5, 0.6) is 0 Å². The van der Waals surface area contributed by atoms with Crippen LogP contribution in [0.1, 0.15) is 27.7 Å². The monoisotopic (exact) mass is 184 g/mol. The van der Waals surface area contributed by atoms with E-state index in [2.05, 4.69) is 15.6 Å². The Bertz CT molecular complexity index is 154. The van der Waals surface area contributed by atoms with Crippen LogP contribution in [-0.2, 0) is 25.0 Å². The summed E-state index contributed by atoms with van der Waals surface area (Å²) < 4.78 is 10.7. The van der Waals surface area contributed by atoms with Crippen molar-refractivity contribution < 1.29 is 25.0 Å². The number of hydrogen-bond acceptors (Lipinski definition) is 2. The molecular formula is C7H12FeO2. The fourth-order valence-corrected chi connectivity index (χ4v) is 1.22. The summed E-state index contributed by atoms with van der Waals surface area (Å²) in [6, 6.07) is 0. The Morgan fingerprint density at radius 2 is 1.30 bits per heavy atom. The van der Waals surface area contributed by atoms with Gasteiger partial charge in [0.25, 0.3) is 0 Å². The van der Waals surface area contributed by atoms with Crippen molar-refractivity contribution in [2.24, 2.45) is 0 Å². The van der Waals surface area contributed by atoms with Crippen LogP contribution in [0, 0.1) is 0 Å². The quantitative estimate of drug-likeness (QED) is 0.527. The molecule has 0 atom stereocenters. The maximum absolute atomic E-state index is 5.35. The van der Waals surface area contributed by atoms with Crippen molar-refractivity contribution in [1.82, 2.24) is 0 Å². The molecule has 0 spiro atoms. The Kier molecular flexibility index (Phi) is 1.80. The fourth-order valence-electron chi connectivity index (χ4n) is 0.655. The summed E-state index contributed by atoms with van der Waals surface area (Å²) in [6.07, 6.45) is 0. The van der Waals surface area contributed by atoms with E-state index in [9.17, 15) is 0 Å². The van der Waals surface area contributed by atoms with Gasteiger partial charge in [-0.3, -0.25) is 0 Å². The molecule has 0 amide bonds. The molecule has 0 unspecified atom stereocenters. The third-order valence-corrected chi connectivity index (χ3v) is 2.34. The molecule has 0 bridgehead atoms. The summed E-state index contributed by atoms with van der Waals surface area (Å²) >= 11 is 3.60. The molecule has 3 heteroatoms. The van der Waals surface area contributed by atoms with Crippen LogP contribution in [0.15, 0.2) is 0 Å². The van der Waals surface area contributed by atoms with Crippen LogP contribution in [0.25, 0.3) is 0 Å². The zero-order valence-corrected chi connectivity index (χ0v) is 7.77. The van der Waals surface area contributed by atoms with Crippen LogP contribution in [0.4, 0.5) is 0 Å². The van der Waals surface area contributed by atoms with Crippen LogP contribution in [-0.4, -0.2) is 16.0 Å². The van der Waals surface area contributed by atoms with Crippen LogP contribution in [0.2, 0.25) is 0 Å². The maximum atomic E-state index is 5.35. The summed E-state index contributed by atoms with van der Waals surface area (Å²) in [5.74, 6) is 0. The molecule has 0 aromatic rings. The average Bonchev–Trinajstić information content (AvgIpc) is 1.73. The zero-order valence-electron chi connectivity index (χ0n) is 6.67. The summed E-state index contributed by atoms with van der Waals surface area (Å²) in [5, 5.41) is 0. The van der Waals surface area contributed by atoms with E-state index in [0.717, 1.165) is 0 Å². The number of hydrogen-bond donors (Lipinski definition) is 0. The molecule has 2 nitrogen and oxygen atoms in total. The molecule has 0 saturated carbocycles. The van der Waals surface area contributed by atoms with Gasteiger partial charge in [-0.05, 0) is 0 Å². The Morgan fingerprint density at radius 1 is 1.00 bits per heavy atom. The predicted molar refractivity (Wildman–Crippen MR) is 35.3 cm³/mol. The fraction of sp³-hybridized carbons (Fsp3) is 0.857. The molecule has 1 fully saturated rings. The molecule has 0 aromatic carbocycles. The van der Waals surface area contributed by atoms with Crippen molar-refractivity contribution in [3.8, 4) is 0 Å². The van der Waals surface area contributed by atoms with Crippen molar-refractivity contribution >= 4 is 4.79 Å². The molecule has 10 heavy (non-hydrogen) atoms. The summed E-state index contributed by atoms with van der Waals surface area (Å²) in [4.78, 5) is 0.426. The van der Waals surface area contributed by atoms with E-state index >= 15 is 0 Å². The molecule has 1 saturated heterocycles. The first-order chi connectivity index (χ1) is 4.35. The van der Waals surface area contributed by atoms with Gasteiger partial charge in [-0.25, -0.2) is 0 Å². The Morgan fingerprint density at radius 3 is 1.40 bits per heavy atom. The van der Waals surface area contributed by atoms with E-state index in [1.54, 1.807) is 0 Å². The second kappa shape index (κ2) is 2.15. The first-order valence-corrected chi connectivity index (χ1v) is 3.80. The normalized spacial score (nSPS) is 29.1. The third kappa shape index (κ3) is 1.19. The average molecular weight is 184 g/mol. The van der Waals surface area contributed by atoms with Crippen molar-refractivity contribution in [3.05, 3.63) is 0 Å². The Labute approximate surface area is 69.2 Å². The van der Waals surface area contributed by atoms with Crippen LogP contribution in [0.3, 0.4) is 0 Å². The van der Waals surface area contributed by atoms with E-state index in [1.807, 2.05) is 27.7 Å². The van der Waals surface area contributed by atoms with Gasteiger partial charge in [-0.15, -0.1) is 0 Å². The molecule has 1 heterocycles. The minimum atomic E-state index is -0.260. The molecular weight excluding hydrogens is 172 g/mol. The molecule has 0 N–H and O–H groups in total. The first-order valence-electron chi connectivity index (χ1n) is 3.24. The van der Waals surface area contributed by atoms with Crippen molar-refractivity contribution in [1.29, 1.82) is 0 Å².